The fourth-order valence-corrected chi connectivity index (χ4v) is 0.783. The van der Waals surface area contributed by atoms with Gasteiger partial charge in [0.2, 0.25) is 5.91 Å². The number of aliphatic hydroxyl groups excluding tert-OH is 1. The highest BCUT2D eigenvalue weighted by Gasteiger charge is 2.17. The number of rotatable bonds is 5. The summed E-state index contributed by atoms with van der Waals surface area (Å²) in [5.74, 6) is -0.0683. The van der Waals surface area contributed by atoms with Gasteiger partial charge in [-0.2, -0.15) is 0 Å². The molecule has 0 radical (unpaired) electrons. The lowest BCUT2D eigenvalue weighted by molar-refractivity contribution is -0.123. The molecule has 0 fully saturated rings. The van der Waals surface area contributed by atoms with E-state index < -0.39 is 12.1 Å². The van der Waals surface area contributed by atoms with E-state index in [-0.39, 0.29) is 18.4 Å². The van der Waals surface area contributed by atoms with Crippen LogP contribution in [0.3, 0.4) is 0 Å². The molecule has 13 heavy (non-hydrogen) atoms. The van der Waals surface area contributed by atoms with E-state index in [0.717, 1.165) is 0 Å². The molecular weight excluding hydrogens is 168 g/mol. The Morgan fingerprint density at radius 2 is 2.08 bits per heavy atom. The molecule has 4 N–H and O–H groups in total. The molecule has 2 atom stereocenters. The molecule has 1 amide bonds. The number of hydrogen-bond donors (Lipinski definition) is 3. The van der Waals surface area contributed by atoms with Crippen LogP contribution in [0.5, 0.6) is 0 Å². The molecule has 0 rings (SSSR count). The van der Waals surface area contributed by atoms with Gasteiger partial charge in [-0.05, 0) is 12.3 Å². The third-order valence-corrected chi connectivity index (χ3v) is 2.00. The summed E-state index contributed by atoms with van der Waals surface area (Å²) in [6, 6.07) is -0.482. The minimum absolute atomic E-state index is 0.124. The van der Waals surface area contributed by atoms with Crippen LogP contribution in [-0.4, -0.2) is 29.7 Å². The molecule has 0 aromatic heterocycles. The van der Waals surface area contributed by atoms with E-state index in [4.69, 9.17) is 5.73 Å². The van der Waals surface area contributed by atoms with Crippen LogP contribution in [0.1, 0.15) is 27.2 Å². The summed E-state index contributed by atoms with van der Waals surface area (Å²) in [5, 5.41) is 11.8. The monoisotopic (exact) mass is 188 g/mol. The summed E-state index contributed by atoms with van der Waals surface area (Å²) in [6.07, 6.45) is 0.167. The Labute approximate surface area is 79.5 Å². The summed E-state index contributed by atoms with van der Waals surface area (Å²) in [6.45, 7) is 5.93. The van der Waals surface area contributed by atoms with E-state index in [9.17, 15) is 9.90 Å². The Balaban J connectivity index is 3.74. The zero-order valence-electron chi connectivity index (χ0n) is 8.58. The number of nitrogens with one attached hydrogen (secondary N) is 1. The van der Waals surface area contributed by atoms with Gasteiger partial charge >= 0.3 is 0 Å². The second kappa shape index (κ2) is 5.94. The summed E-state index contributed by atoms with van der Waals surface area (Å²) in [5.41, 5.74) is 5.59. The number of carbonyl (C=O) groups is 1. The van der Waals surface area contributed by atoms with Gasteiger partial charge in [-0.15, -0.1) is 0 Å². The second-order valence-electron chi connectivity index (χ2n) is 3.58. The largest absolute Gasteiger partial charge is 0.391 e. The van der Waals surface area contributed by atoms with Crippen molar-refractivity contribution in [2.24, 2.45) is 11.7 Å². The number of amides is 1. The third kappa shape index (κ3) is 4.85. The molecule has 0 heterocycles. The Morgan fingerprint density at radius 1 is 1.54 bits per heavy atom. The van der Waals surface area contributed by atoms with E-state index in [2.05, 4.69) is 5.32 Å². The summed E-state index contributed by atoms with van der Waals surface area (Å²) >= 11 is 0. The molecule has 0 aliphatic heterocycles. The SMILES string of the molecule is CCC(O)CNC(=O)[C@H](N)C(C)C. The molecule has 0 aliphatic rings. The number of nitrogens with two attached hydrogens (primary N) is 1. The maximum atomic E-state index is 11.3. The molecule has 0 saturated heterocycles. The molecule has 0 bridgehead atoms. The van der Waals surface area contributed by atoms with E-state index in [1.54, 1.807) is 0 Å². The van der Waals surface area contributed by atoms with Crippen LogP contribution in [0.4, 0.5) is 0 Å². The molecule has 1 unspecified atom stereocenters. The highest BCUT2D eigenvalue weighted by molar-refractivity contribution is 5.81. The van der Waals surface area contributed by atoms with Crippen molar-refractivity contribution in [1.82, 2.24) is 5.32 Å². The Kier molecular flexibility index (Phi) is 5.66. The van der Waals surface area contributed by atoms with Gasteiger partial charge < -0.3 is 16.2 Å². The van der Waals surface area contributed by atoms with Gasteiger partial charge in [0, 0.05) is 6.54 Å². The second-order valence-corrected chi connectivity index (χ2v) is 3.58. The maximum Gasteiger partial charge on any atom is 0.237 e. The van der Waals surface area contributed by atoms with Crippen molar-refractivity contribution in [1.29, 1.82) is 0 Å². The van der Waals surface area contributed by atoms with Crippen molar-refractivity contribution in [3.05, 3.63) is 0 Å². The minimum Gasteiger partial charge on any atom is -0.391 e. The molecule has 4 nitrogen and oxygen atoms in total. The Bertz CT molecular complexity index is 160. The Hall–Kier alpha value is -0.610. The lowest BCUT2D eigenvalue weighted by Crippen LogP contribution is -2.46. The molecule has 0 spiro atoms. The van der Waals surface area contributed by atoms with Crippen LogP contribution in [0.2, 0.25) is 0 Å². The predicted molar refractivity (Wildman–Crippen MR) is 52.1 cm³/mol. The van der Waals surface area contributed by atoms with Crippen LogP contribution in [0, 0.1) is 5.92 Å². The molecule has 4 heteroatoms. The van der Waals surface area contributed by atoms with Gasteiger partial charge in [0.1, 0.15) is 0 Å². The third-order valence-electron chi connectivity index (χ3n) is 2.00. The summed E-state index contributed by atoms with van der Waals surface area (Å²) in [4.78, 5) is 11.3. The van der Waals surface area contributed by atoms with Crippen molar-refractivity contribution in [3.63, 3.8) is 0 Å². The van der Waals surface area contributed by atoms with Crippen molar-refractivity contribution in [2.45, 2.75) is 39.3 Å². The molecule has 78 valence electrons. The van der Waals surface area contributed by atoms with Crippen LogP contribution in [0.15, 0.2) is 0 Å². The van der Waals surface area contributed by atoms with Crippen LogP contribution >= 0.6 is 0 Å². The Morgan fingerprint density at radius 3 is 2.46 bits per heavy atom. The predicted octanol–water partition coefficient (Wildman–Crippen LogP) is -0.143. The quantitative estimate of drug-likeness (QED) is 0.562. The smallest absolute Gasteiger partial charge is 0.237 e. The average Bonchev–Trinajstić information content (AvgIpc) is 2.11. The number of hydrogen-bond acceptors (Lipinski definition) is 3. The summed E-state index contributed by atoms with van der Waals surface area (Å²) < 4.78 is 0. The first-order chi connectivity index (χ1) is 5.99. The topological polar surface area (TPSA) is 75.3 Å². The van der Waals surface area contributed by atoms with E-state index in [1.165, 1.54) is 0 Å². The first-order valence-electron chi connectivity index (χ1n) is 4.70. The van der Waals surface area contributed by atoms with Crippen molar-refractivity contribution >= 4 is 5.91 Å². The normalized spacial score (nSPS) is 15.5. The number of carbonyl (C=O) groups excluding carboxylic acids is 1. The lowest BCUT2D eigenvalue weighted by Gasteiger charge is -2.16. The fourth-order valence-electron chi connectivity index (χ4n) is 0.783. The fraction of sp³-hybridized carbons (Fsp3) is 0.889. The van der Waals surface area contributed by atoms with E-state index >= 15 is 0 Å². The van der Waals surface area contributed by atoms with Gasteiger partial charge in [0.25, 0.3) is 0 Å². The number of aliphatic hydroxyl groups is 1. The van der Waals surface area contributed by atoms with Crippen molar-refractivity contribution < 1.29 is 9.90 Å². The van der Waals surface area contributed by atoms with Crippen molar-refractivity contribution in [2.75, 3.05) is 6.54 Å². The zero-order chi connectivity index (χ0) is 10.4. The molecule has 0 aromatic rings. The zero-order valence-corrected chi connectivity index (χ0v) is 8.58. The van der Waals surface area contributed by atoms with Gasteiger partial charge in [-0.3, -0.25) is 4.79 Å². The highest BCUT2D eigenvalue weighted by atomic mass is 16.3. The van der Waals surface area contributed by atoms with Gasteiger partial charge in [-0.25, -0.2) is 0 Å². The van der Waals surface area contributed by atoms with Crippen LogP contribution < -0.4 is 11.1 Å². The van der Waals surface area contributed by atoms with E-state index in [0.29, 0.717) is 6.42 Å². The molecular formula is C9H20N2O2. The first-order valence-corrected chi connectivity index (χ1v) is 4.70. The standard InChI is InChI=1S/C9H20N2O2/c1-4-7(12)5-11-9(13)8(10)6(2)3/h6-8,12H,4-5,10H2,1-3H3,(H,11,13)/t7?,8-/m1/s1. The highest BCUT2D eigenvalue weighted by Crippen LogP contribution is 1.97. The van der Waals surface area contributed by atoms with Crippen molar-refractivity contribution in [3.8, 4) is 0 Å². The molecule has 0 aliphatic carbocycles. The van der Waals surface area contributed by atoms with E-state index in [1.807, 2.05) is 20.8 Å². The average molecular weight is 188 g/mol. The van der Waals surface area contributed by atoms with Crippen LogP contribution in [0.25, 0.3) is 0 Å². The maximum absolute atomic E-state index is 11.3. The van der Waals surface area contributed by atoms with Gasteiger partial charge in [0.05, 0.1) is 12.1 Å². The van der Waals surface area contributed by atoms with Gasteiger partial charge in [-0.1, -0.05) is 20.8 Å². The summed E-state index contributed by atoms with van der Waals surface area (Å²) in [7, 11) is 0. The van der Waals surface area contributed by atoms with Crippen LogP contribution in [-0.2, 0) is 4.79 Å². The first kappa shape index (κ1) is 12.4. The molecule has 0 aromatic carbocycles. The van der Waals surface area contributed by atoms with Gasteiger partial charge in [0.15, 0.2) is 0 Å². The minimum atomic E-state index is -0.482. The lowest BCUT2D eigenvalue weighted by atomic mass is 10.1. The molecule has 0 saturated carbocycles.